The van der Waals surface area contributed by atoms with Crippen molar-refractivity contribution in [2.45, 2.75) is 33.4 Å². The quantitative estimate of drug-likeness (QED) is 0.794. The van der Waals surface area contributed by atoms with Crippen LogP contribution >= 0.6 is 0 Å². The topological polar surface area (TPSA) is 36.4 Å². The molecular formula is C16H22F3N3O. The van der Waals surface area contributed by atoms with E-state index in [1.54, 1.807) is 0 Å². The van der Waals surface area contributed by atoms with Gasteiger partial charge in [-0.15, -0.1) is 0 Å². The van der Waals surface area contributed by atoms with Gasteiger partial charge in [-0.3, -0.25) is 4.79 Å². The molecule has 1 aliphatic rings. The first kappa shape index (κ1) is 17.6. The molecule has 1 saturated heterocycles. The molecule has 0 saturated carbocycles. The van der Waals surface area contributed by atoms with Crippen LogP contribution in [0.5, 0.6) is 0 Å². The predicted octanol–water partition coefficient (Wildman–Crippen LogP) is 3.19. The van der Waals surface area contributed by atoms with Crippen LogP contribution in [-0.4, -0.2) is 42.0 Å². The number of carbonyl (C=O) groups is 1. The van der Waals surface area contributed by atoms with Crippen LogP contribution in [0, 0.1) is 5.41 Å². The van der Waals surface area contributed by atoms with Gasteiger partial charge in [-0.05, 0) is 18.6 Å². The van der Waals surface area contributed by atoms with Crippen molar-refractivity contribution in [1.29, 1.82) is 0 Å². The van der Waals surface area contributed by atoms with Gasteiger partial charge >= 0.3 is 6.18 Å². The Morgan fingerprint density at radius 2 is 1.78 bits per heavy atom. The Balaban J connectivity index is 2.05. The van der Waals surface area contributed by atoms with Crippen LogP contribution < -0.4 is 4.90 Å². The molecule has 0 N–H and O–H groups in total. The number of halogens is 3. The fraction of sp³-hybridized carbons (Fsp3) is 0.625. The Kier molecular flexibility index (Phi) is 4.87. The Morgan fingerprint density at radius 3 is 2.30 bits per heavy atom. The number of pyridine rings is 1. The Hall–Kier alpha value is -1.79. The Bertz CT molecular complexity index is 549. The summed E-state index contributed by atoms with van der Waals surface area (Å²) in [6.07, 6.45) is -2.75. The van der Waals surface area contributed by atoms with Gasteiger partial charge in [0, 0.05) is 37.8 Å². The monoisotopic (exact) mass is 329 g/mol. The highest BCUT2D eigenvalue weighted by Gasteiger charge is 2.31. The third-order valence-corrected chi connectivity index (χ3v) is 3.82. The summed E-state index contributed by atoms with van der Waals surface area (Å²) in [5, 5.41) is 0. The molecule has 1 aromatic heterocycles. The molecule has 0 radical (unpaired) electrons. The summed E-state index contributed by atoms with van der Waals surface area (Å²) >= 11 is 0. The van der Waals surface area contributed by atoms with Crippen LogP contribution in [0.4, 0.5) is 19.0 Å². The number of anilines is 1. The maximum atomic E-state index is 12.6. The number of carbonyl (C=O) groups excluding carboxylic acids is 1. The number of hydrogen-bond donors (Lipinski definition) is 0. The van der Waals surface area contributed by atoms with Crippen LogP contribution in [-0.2, 0) is 11.0 Å². The molecule has 2 heterocycles. The minimum atomic E-state index is -4.37. The molecule has 1 amide bonds. The van der Waals surface area contributed by atoms with Gasteiger partial charge < -0.3 is 9.80 Å². The molecule has 1 fully saturated rings. The molecule has 23 heavy (non-hydrogen) atoms. The maximum Gasteiger partial charge on any atom is 0.417 e. The van der Waals surface area contributed by atoms with E-state index in [1.165, 1.54) is 6.07 Å². The van der Waals surface area contributed by atoms with Gasteiger partial charge in [0.1, 0.15) is 5.82 Å². The molecule has 0 unspecified atom stereocenters. The first-order chi connectivity index (χ1) is 10.6. The normalized spacial score (nSPS) is 17.1. The summed E-state index contributed by atoms with van der Waals surface area (Å²) in [6, 6.07) is 2.44. The molecule has 7 heteroatoms. The summed E-state index contributed by atoms with van der Waals surface area (Å²) in [4.78, 5) is 20.0. The predicted molar refractivity (Wildman–Crippen MR) is 82.1 cm³/mol. The van der Waals surface area contributed by atoms with Crippen molar-refractivity contribution in [3.63, 3.8) is 0 Å². The summed E-state index contributed by atoms with van der Waals surface area (Å²) in [6.45, 7) is 8.11. The minimum Gasteiger partial charge on any atom is -0.355 e. The molecular weight excluding hydrogens is 307 g/mol. The van der Waals surface area contributed by atoms with Gasteiger partial charge in [-0.25, -0.2) is 4.98 Å². The summed E-state index contributed by atoms with van der Waals surface area (Å²) in [5.74, 6) is 0.614. The van der Waals surface area contributed by atoms with E-state index < -0.39 is 17.2 Å². The number of aromatic nitrogens is 1. The largest absolute Gasteiger partial charge is 0.417 e. The van der Waals surface area contributed by atoms with Crippen LogP contribution in [0.2, 0.25) is 0 Å². The van der Waals surface area contributed by atoms with E-state index in [1.807, 2.05) is 30.6 Å². The lowest BCUT2D eigenvalue weighted by Crippen LogP contribution is -2.41. The molecule has 0 aromatic carbocycles. The van der Waals surface area contributed by atoms with E-state index in [-0.39, 0.29) is 5.91 Å². The van der Waals surface area contributed by atoms with Gasteiger partial charge in [0.25, 0.3) is 0 Å². The SMILES string of the molecule is CC(C)(C)C(=O)N1CCCN(c2ccc(C(F)(F)F)cn2)CC1. The van der Waals surface area contributed by atoms with Crippen LogP contribution in [0.1, 0.15) is 32.8 Å². The zero-order valence-corrected chi connectivity index (χ0v) is 13.7. The molecule has 0 atom stereocenters. The van der Waals surface area contributed by atoms with E-state index >= 15 is 0 Å². The standard InChI is InChI=1S/C16H22F3N3O/c1-15(2,3)14(23)22-8-4-7-21(9-10-22)13-6-5-12(11-20-13)16(17,18)19/h5-6,11H,4,7-10H2,1-3H3. The number of amides is 1. The zero-order valence-electron chi connectivity index (χ0n) is 13.7. The second-order valence-electron chi connectivity index (χ2n) is 6.79. The lowest BCUT2D eigenvalue weighted by Gasteiger charge is -2.28. The van der Waals surface area contributed by atoms with Gasteiger partial charge in [-0.2, -0.15) is 13.2 Å². The second kappa shape index (κ2) is 6.37. The molecule has 1 aromatic rings. The summed E-state index contributed by atoms with van der Waals surface area (Å²) < 4.78 is 37.7. The highest BCUT2D eigenvalue weighted by Crippen LogP contribution is 2.29. The lowest BCUT2D eigenvalue weighted by molar-refractivity contribution is -0.139. The number of nitrogens with zero attached hydrogens (tertiary/aromatic N) is 3. The number of alkyl halides is 3. The van der Waals surface area contributed by atoms with Crippen molar-refractivity contribution in [2.24, 2.45) is 5.41 Å². The molecule has 4 nitrogen and oxygen atoms in total. The third-order valence-electron chi connectivity index (χ3n) is 3.82. The molecule has 1 aliphatic heterocycles. The Morgan fingerprint density at radius 1 is 1.09 bits per heavy atom. The first-order valence-corrected chi connectivity index (χ1v) is 7.66. The molecule has 0 aliphatic carbocycles. The van der Waals surface area contributed by atoms with E-state index in [9.17, 15) is 18.0 Å². The van der Waals surface area contributed by atoms with Crippen molar-refractivity contribution in [2.75, 3.05) is 31.1 Å². The van der Waals surface area contributed by atoms with Gasteiger partial charge in [0.15, 0.2) is 0 Å². The fourth-order valence-corrected chi connectivity index (χ4v) is 2.56. The maximum absolute atomic E-state index is 12.6. The second-order valence-corrected chi connectivity index (χ2v) is 6.79. The highest BCUT2D eigenvalue weighted by molar-refractivity contribution is 5.81. The van der Waals surface area contributed by atoms with Crippen molar-refractivity contribution in [1.82, 2.24) is 9.88 Å². The van der Waals surface area contributed by atoms with Gasteiger partial charge in [-0.1, -0.05) is 20.8 Å². The van der Waals surface area contributed by atoms with Crippen molar-refractivity contribution in [3.05, 3.63) is 23.9 Å². The number of hydrogen-bond acceptors (Lipinski definition) is 3. The van der Waals surface area contributed by atoms with Gasteiger partial charge in [0.2, 0.25) is 5.91 Å². The molecule has 0 bridgehead atoms. The molecule has 0 spiro atoms. The van der Waals surface area contributed by atoms with E-state index in [2.05, 4.69) is 4.98 Å². The van der Waals surface area contributed by atoms with E-state index in [0.717, 1.165) is 18.7 Å². The fourth-order valence-electron chi connectivity index (χ4n) is 2.56. The zero-order chi connectivity index (χ0) is 17.3. The summed E-state index contributed by atoms with van der Waals surface area (Å²) in [5.41, 5.74) is -1.18. The van der Waals surface area contributed by atoms with Crippen LogP contribution in [0.15, 0.2) is 18.3 Å². The number of rotatable bonds is 1. The van der Waals surface area contributed by atoms with Crippen molar-refractivity contribution >= 4 is 11.7 Å². The smallest absolute Gasteiger partial charge is 0.355 e. The van der Waals surface area contributed by atoms with Gasteiger partial charge in [0.05, 0.1) is 5.56 Å². The van der Waals surface area contributed by atoms with Crippen molar-refractivity contribution in [3.8, 4) is 0 Å². The van der Waals surface area contributed by atoms with E-state index in [4.69, 9.17) is 0 Å². The molecule has 2 rings (SSSR count). The van der Waals surface area contributed by atoms with Crippen LogP contribution in [0.3, 0.4) is 0 Å². The highest BCUT2D eigenvalue weighted by atomic mass is 19.4. The third kappa shape index (κ3) is 4.36. The van der Waals surface area contributed by atoms with Crippen LogP contribution in [0.25, 0.3) is 0 Å². The first-order valence-electron chi connectivity index (χ1n) is 7.66. The van der Waals surface area contributed by atoms with E-state index in [0.29, 0.717) is 32.0 Å². The summed E-state index contributed by atoms with van der Waals surface area (Å²) in [7, 11) is 0. The lowest BCUT2D eigenvalue weighted by atomic mass is 9.94. The minimum absolute atomic E-state index is 0.0970. The average molecular weight is 329 g/mol. The average Bonchev–Trinajstić information content (AvgIpc) is 2.70. The van der Waals surface area contributed by atoms with Crippen molar-refractivity contribution < 1.29 is 18.0 Å². The Labute approximate surface area is 134 Å². The molecule has 128 valence electrons.